The van der Waals surface area contributed by atoms with Crippen molar-refractivity contribution >= 4 is 28.7 Å². The molecule has 2 rings (SSSR count). The summed E-state index contributed by atoms with van der Waals surface area (Å²) in [7, 11) is 0. The van der Waals surface area contributed by atoms with Crippen molar-refractivity contribution in [3.05, 3.63) is 57.2 Å². The SMILES string of the molecule is N#CC(C(=O)c1ccc(Cl)cc1)c1cccs1. The molecule has 0 spiro atoms. The minimum Gasteiger partial charge on any atom is -0.292 e. The summed E-state index contributed by atoms with van der Waals surface area (Å²) in [4.78, 5) is 12.9. The first-order valence-electron chi connectivity index (χ1n) is 4.95. The topological polar surface area (TPSA) is 40.9 Å². The third-order valence-electron chi connectivity index (χ3n) is 2.35. The quantitative estimate of drug-likeness (QED) is 0.787. The van der Waals surface area contributed by atoms with E-state index in [1.165, 1.54) is 11.3 Å². The normalized spacial score (nSPS) is 11.8. The number of carbonyl (C=O) groups is 1. The maximum Gasteiger partial charge on any atom is 0.185 e. The van der Waals surface area contributed by atoms with Crippen LogP contribution in [-0.4, -0.2) is 5.78 Å². The molecule has 0 saturated heterocycles. The molecular weight excluding hydrogens is 254 g/mol. The molecule has 4 heteroatoms. The van der Waals surface area contributed by atoms with Crippen LogP contribution in [0.15, 0.2) is 41.8 Å². The molecular formula is C13H8ClNOS. The maximum atomic E-state index is 12.1. The summed E-state index contributed by atoms with van der Waals surface area (Å²) >= 11 is 7.17. The van der Waals surface area contributed by atoms with Gasteiger partial charge in [0.05, 0.1) is 6.07 Å². The zero-order valence-electron chi connectivity index (χ0n) is 8.76. The van der Waals surface area contributed by atoms with Gasteiger partial charge in [-0.3, -0.25) is 4.79 Å². The molecule has 17 heavy (non-hydrogen) atoms. The Morgan fingerprint density at radius 3 is 2.53 bits per heavy atom. The largest absolute Gasteiger partial charge is 0.292 e. The number of halogens is 1. The van der Waals surface area contributed by atoms with Crippen molar-refractivity contribution < 1.29 is 4.79 Å². The molecule has 0 N–H and O–H groups in total. The Labute approximate surface area is 108 Å². The molecule has 1 atom stereocenters. The number of hydrogen-bond acceptors (Lipinski definition) is 3. The molecule has 0 aliphatic carbocycles. The van der Waals surface area contributed by atoms with E-state index in [0.717, 1.165) is 4.88 Å². The van der Waals surface area contributed by atoms with Gasteiger partial charge in [-0.1, -0.05) is 17.7 Å². The number of rotatable bonds is 3. The highest BCUT2D eigenvalue weighted by Gasteiger charge is 2.22. The number of ketones is 1. The summed E-state index contributed by atoms with van der Waals surface area (Å²) in [6.07, 6.45) is 0. The lowest BCUT2D eigenvalue weighted by molar-refractivity contribution is 0.0980. The molecule has 1 aromatic heterocycles. The van der Waals surface area contributed by atoms with Crippen LogP contribution in [0.3, 0.4) is 0 Å². The predicted molar refractivity (Wildman–Crippen MR) is 68.5 cm³/mol. The van der Waals surface area contributed by atoms with Gasteiger partial charge >= 0.3 is 0 Å². The first-order chi connectivity index (χ1) is 8.22. The van der Waals surface area contributed by atoms with E-state index in [-0.39, 0.29) is 5.78 Å². The molecule has 0 fully saturated rings. The van der Waals surface area contributed by atoms with Crippen LogP contribution in [0.1, 0.15) is 21.2 Å². The Morgan fingerprint density at radius 2 is 2.00 bits per heavy atom. The van der Waals surface area contributed by atoms with Crippen LogP contribution in [0.5, 0.6) is 0 Å². The Balaban J connectivity index is 2.31. The van der Waals surface area contributed by atoms with Crippen molar-refractivity contribution in [2.24, 2.45) is 0 Å². The molecule has 1 unspecified atom stereocenters. The van der Waals surface area contributed by atoms with Gasteiger partial charge in [-0.25, -0.2) is 0 Å². The molecule has 0 aliphatic heterocycles. The number of nitriles is 1. The zero-order valence-corrected chi connectivity index (χ0v) is 10.3. The lowest BCUT2D eigenvalue weighted by Crippen LogP contribution is -2.09. The van der Waals surface area contributed by atoms with E-state index in [1.54, 1.807) is 30.3 Å². The van der Waals surface area contributed by atoms with Crippen LogP contribution in [0.25, 0.3) is 0 Å². The molecule has 0 radical (unpaired) electrons. The number of benzene rings is 1. The van der Waals surface area contributed by atoms with Gasteiger partial charge in [-0.05, 0) is 35.7 Å². The van der Waals surface area contributed by atoms with Crippen molar-refractivity contribution in [1.29, 1.82) is 5.26 Å². The van der Waals surface area contributed by atoms with E-state index in [0.29, 0.717) is 10.6 Å². The van der Waals surface area contributed by atoms with E-state index in [2.05, 4.69) is 0 Å². The van der Waals surface area contributed by atoms with Gasteiger partial charge in [0.25, 0.3) is 0 Å². The van der Waals surface area contributed by atoms with Crippen molar-refractivity contribution in [1.82, 2.24) is 0 Å². The number of Topliss-reactive ketones (excluding diaryl/α,β-unsaturated/α-hetero) is 1. The van der Waals surface area contributed by atoms with Gasteiger partial charge in [0.15, 0.2) is 5.78 Å². The van der Waals surface area contributed by atoms with Crippen molar-refractivity contribution in [3.63, 3.8) is 0 Å². The molecule has 0 saturated carbocycles. The van der Waals surface area contributed by atoms with Crippen LogP contribution in [-0.2, 0) is 0 Å². The summed E-state index contributed by atoms with van der Waals surface area (Å²) in [5, 5.41) is 11.5. The fourth-order valence-electron chi connectivity index (χ4n) is 1.49. The molecule has 2 aromatic rings. The predicted octanol–water partition coefficient (Wildman–Crippen LogP) is 3.89. The van der Waals surface area contributed by atoms with E-state index < -0.39 is 5.92 Å². The van der Waals surface area contributed by atoms with Gasteiger partial charge in [-0.2, -0.15) is 5.26 Å². The first-order valence-corrected chi connectivity index (χ1v) is 6.21. The lowest BCUT2D eigenvalue weighted by atomic mass is 9.97. The van der Waals surface area contributed by atoms with Gasteiger partial charge in [0.2, 0.25) is 0 Å². The molecule has 0 bridgehead atoms. The highest BCUT2D eigenvalue weighted by molar-refractivity contribution is 7.10. The lowest BCUT2D eigenvalue weighted by Gasteiger charge is -2.05. The first kappa shape index (κ1) is 11.8. The molecule has 1 aromatic carbocycles. The molecule has 0 aliphatic rings. The third kappa shape index (κ3) is 2.55. The second-order valence-corrected chi connectivity index (χ2v) is 4.86. The Morgan fingerprint density at radius 1 is 1.29 bits per heavy atom. The third-order valence-corrected chi connectivity index (χ3v) is 3.54. The highest BCUT2D eigenvalue weighted by Crippen LogP contribution is 2.25. The van der Waals surface area contributed by atoms with Crippen LogP contribution in [0.4, 0.5) is 0 Å². The minimum atomic E-state index is -0.726. The van der Waals surface area contributed by atoms with Crippen molar-refractivity contribution in [2.45, 2.75) is 5.92 Å². The smallest absolute Gasteiger partial charge is 0.185 e. The van der Waals surface area contributed by atoms with Crippen LogP contribution in [0, 0.1) is 11.3 Å². The standard InChI is InChI=1S/C13H8ClNOS/c14-10-5-3-9(4-6-10)13(16)11(8-15)12-2-1-7-17-12/h1-7,11H. The second-order valence-electron chi connectivity index (χ2n) is 3.45. The minimum absolute atomic E-state index is 0.188. The number of hydrogen-bond donors (Lipinski definition) is 0. The monoisotopic (exact) mass is 261 g/mol. The molecule has 84 valence electrons. The van der Waals surface area contributed by atoms with Gasteiger partial charge in [0.1, 0.15) is 5.92 Å². The Hall–Kier alpha value is -1.63. The van der Waals surface area contributed by atoms with Crippen LogP contribution in [0.2, 0.25) is 5.02 Å². The summed E-state index contributed by atoms with van der Waals surface area (Å²) in [5.74, 6) is -0.914. The van der Waals surface area contributed by atoms with E-state index in [1.807, 2.05) is 17.5 Å². The maximum absolute atomic E-state index is 12.1. The molecule has 0 amide bonds. The summed E-state index contributed by atoms with van der Waals surface area (Å²) < 4.78 is 0. The Bertz CT molecular complexity index is 554. The fraction of sp³-hybridized carbons (Fsp3) is 0.0769. The van der Waals surface area contributed by atoms with Crippen LogP contribution < -0.4 is 0 Å². The van der Waals surface area contributed by atoms with E-state index in [4.69, 9.17) is 16.9 Å². The van der Waals surface area contributed by atoms with Crippen molar-refractivity contribution in [2.75, 3.05) is 0 Å². The number of thiophene rings is 1. The summed E-state index contributed by atoms with van der Waals surface area (Å²) in [5.41, 5.74) is 0.509. The second kappa shape index (κ2) is 5.13. The molecule has 2 nitrogen and oxygen atoms in total. The molecule has 1 heterocycles. The number of nitrogens with zero attached hydrogens (tertiary/aromatic N) is 1. The van der Waals surface area contributed by atoms with Gasteiger partial charge < -0.3 is 0 Å². The van der Waals surface area contributed by atoms with E-state index >= 15 is 0 Å². The average molecular weight is 262 g/mol. The number of carbonyl (C=O) groups excluding carboxylic acids is 1. The summed E-state index contributed by atoms with van der Waals surface area (Å²) in [6.45, 7) is 0. The Kier molecular flexibility index (Phi) is 3.58. The van der Waals surface area contributed by atoms with E-state index in [9.17, 15) is 4.79 Å². The highest BCUT2D eigenvalue weighted by atomic mass is 35.5. The van der Waals surface area contributed by atoms with Gasteiger partial charge in [-0.15, -0.1) is 11.3 Å². The fourth-order valence-corrected chi connectivity index (χ4v) is 2.38. The average Bonchev–Trinajstić information content (AvgIpc) is 2.84. The van der Waals surface area contributed by atoms with Crippen LogP contribution >= 0.6 is 22.9 Å². The van der Waals surface area contributed by atoms with Gasteiger partial charge in [0, 0.05) is 15.5 Å². The van der Waals surface area contributed by atoms with Crippen molar-refractivity contribution in [3.8, 4) is 6.07 Å². The zero-order chi connectivity index (χ0) is 12.3. The summed E-state index contributed by atoms with van der Waals surface area (Å²) in [6, 6.07) is 12.3.